The first kappa shape index (κ1) is 18.5. The van der Waals surface area contributed by atoms with Crippen LogP contribution in [-0.2, 0) is 4.79 Å². The number of hydrogen-bond donors (Lipinski definition) is 1. The zero-order valence-electron chi connectivity index (χ0n) is 13.1. The molecule has 1 unspecified atom stereocenters. The molecule has 0 aliphatic heterocycles. The molecular formula is C16H11F3N2O3S2. The number of aromatic nitrogens is 2. The first-order valence-electron chi connectivity index (χ1n) is 7.23. The van der Waals surface area contributed by atoms with E-state index in [1.54, 1.807) is 13.0 Å². The molecule has 1 aromatic carbocycles. The summed E-state index contributed by atoms with van der Waals surface area (Å²) in [6.45, 7) is 1.56. The minimum Gasteiger partial charge on any atom is -0.480 e. The third kappa shape index (κ3) is 4.25. The van der Waals surface area contributed by atoms with Crippen LogP contribution in [0.4, 0.5) is 13.2 Å². The summed E-state index contributed by atoms with van der Waals surface area (Å²) in [4.78, 5) is 20.8. The van der Waals surface area contributed by atoms with Crippen molar-refractivity contribution in [3.05, 3.63) is 36.7 Å². The molecule has 0 aliphatic carbocycles. The Morgan fingerprint density at radius 1 is 1.27 bits per heavy atom. The zero-order chi connectivity index (χ0) is 18.9. The van der Waals surface area contributed by atoms with E-state index in [0.717, 1.165) is 16.6 Å². The van der Waals surface area contributed by atoms with Crippen molar-refractivity contribution in [3.8, 4) is 16.2 Å². The van der Waals surface area contributed by atoms with Gasteiger partial charge in [0.25, 0.3) is 0 Å². The van der Waals surface area contributed by atoms with Crippen LogP contribution in [0, 0.1) is 0 Å². The molecule has 2 heterocycles. The Morgan fingerprint density at radius 2 is 1.96 bits per heavy atom. The summed E-state index contributed by atoms with van der Waals surface area (Å²) in [5.41, 5.74) is 0.699. The van der Waals surface area contributed by atoms with Gasteiger partial charge in [-0.25, -0.2) is 9.97 Å². The molecule has 10 heteroatoms. The Bertz CT molecular complexity index is 942. The fourth-order valence-corrected chi connectivity index (χ4v) is 4.00. The van der Waals surface area contributed by atoms with Gasteiger partial charge in [-0.05, 0) is 42.8 Å². The van der Waals surface area contributed by atoms with E-state index in [1.807, 2.05) is 0 Å². The van der Waals surface area contributed by atoms with Crippen molar-refractivity contribution in [1.82, 2.24) is 9.97 Å². The van der Waals surface area contributed by atoms with Crippen LogP contribution < -0.4 is 4.74 Å². The van der Waals surface area contributed by atoms with E-state index in [0.29, 0.717) is 20.8 Å². The third-order valence-electron chi connectivity index (χ3n) is 3.30. The molecule has 0 fully saturated rings. The number of fused-ring (bicyclic) bond motifs is 1. The van der Waals surface area contributed by atoms with Crippen LogP contribution in [0.3, 0.4) is 0 Å². The Morgan fingerprint density at radius 3 is 2.58 bits per heavy atom. The number of thioether (sulfide) groups is 1. The average molecular weight is 400 g/mol. The number of aliphatic carboxylic acids is 1. The lowest BCUT2D eigenvalue weighted by Crippen LogP contribution is -2.16. The lowest BCUT2D eigenvalue weighted by molar-refractivity contribution is -0.274. The molecular weight excluding hydrogens is 389 g/mol. The number of benzene rings is 1. The SMILES string of the molecule is CC(Sc1ncnc2sc(-c3ccc(OC(F)(F)F)cc3)cc12)C(=O)O. The van der Waals surface area contributed by atoms with E-state index in [4.69, 9.17) is 5.11 Å². The minimum absolute atomic E-state index is 0.298. The van der Waals surface area contributed by atoms with E-state index in [9.17, 15) is 18.0 Å². The number of carboxylic acids is 1. The molecule has 0 radical (unpaired) electrons. The van der Waals surface area contributed by atoms with Crippen LogP contribution in [-0.4, -0.2) is 32.7 Å². The van der Waals surface area contributed by atoms with Crippen molar-refractivity contribution in [1.29, 1.82) is 0 Å². The van der Waals surface area contributed by atoms with Crippen LogP contribution in [0.25, 0.3) is 20.7 Å². The third-order valence-corrected chi connectivity index (χ3v) is 5.50. The molecule has 5 nitrogen and oxygen atoms in total. The first-order valence-corrected chi connectivity index (χ1v) is 8.93. The molecule has 0 saturated carbocycles. The molecule has 3 aromatic rings. The van der Waals surface area contributed by atoms with Crippen molar-refractivity contribution in [2.24, 2.45) is 0 Å². The summed E-state index contributed by atoms with van der Waals surface area (Å²) < 4.78 is 40.5. The molecule has 3 rings (SSSR count). The highest BCUT2D eigenvalue weighted by Crippen LogP contribution is 2.38. The summed E-state index contributed by atoms with van der Waals surface area (Å²) in [5.74, 6) is -1.24. The Balaban J connectivity index is 1.90. The highest BCUT2D eigenvalue weighted by atomic mass is 32.2. The van der Waals surface area contributed by atoms with Gasteiger partial charge in [0, 0.05) is 10.3 Å². The Hall–Kier alpha value is -2.33. The van der Waals surface area contributed by atoms with Crippen LogP contribution in [0.15, 0.2) is 41.7 Å². The van der Waals surface area contributed by atoms with E-state index < -0.39 is 17.6 Å². The van der Waals surface area contributed by atoms with Gasteiger partial charge in [-0.1, -0.05) is 11.8 Å². The summed E-state index contributed by atoms with van der Waals surface area (Å²) in [6.07, 6.45) is -3.37. The van der Waals surface area contributed by atoms with Gasteiger partial charge in [-0.15, -0.1) is 24.5 Å². The summed E-state index contributed by atoms with van der Waals surface area (Å²) in [7, 11) is 0. The monoisotopic (exact) mass is 400 g/mol. The maximum Gasteiger partial charge on any atom is 0.573 e. The Kier molecular flexibility index (Phi) is 5.05. The van der Waals surface area contributed by atoms with E-state index >= 15 is 0 Å². The van der Waals surface area contributed by atoms with Crippen LogP contribution >= 0.6 is 23.1 Å². The number of carboxylic acid groups (broad SMARTS) is 1. The van der Waals surface area contributed by atoms with Crippen molar-refractivity contribution in [2.45, 2.75) is 23.6 Å². The standard InChI is InChI=1S/C16H11F3N2O3S2/c1-8(15(22)23)25-13-11-6-12(26-14(11)21-7-20-13)9-2-4-10(5-3-9)24-16(17,18)19/h2-8H,1H3,(H,22,23). The van der Waals surface area contributed by atoms with Crippen LogP contribution in [0.1, 0.15) is 6.92 Å². The molecule has 2 aromatic heterocycles. The molecule has 1 N–H and O–H groups in total. The molecule has 136 valence electrons. The van der Waals surface area contributed by atoms with Crippen LogP contribution in [0.2, 0.25) is 0 Å². The predicted octanol–water partition coefficient (Wildman–Crippen LogP) is 4.82. The molecule has 0 saturated heterocycles. The lowest BCUT2D eigenvalue weighted by atomic mass is 10.2. The number of hydrogen-bond acceptors (Lipinski definition) is 6. The van der Waals surface area contributed by atoms with Crippen molar-refractivity contribution in [2.75, 3.05) is 0 Å². The molecule has 0 amide bonds. The minimum atomic E-state index is -4.73. The second kappa shape index (κ2) is 7.12. The van der Waals surface area contributed by atoms with Crippen molar-refractivity contribution >= 4 is 39.3 Å². The average Bonchev–Trinajstić information content (AvgIpc) is 2.99. The maximum absolute atomic E-state index is 12.2. The number of rotatable bonds is 5. The fourth-order valence-electron chi connectivity index (χ4n) is 2.11. The zero-order valence-corrected chi connectivity index (χ0v) is 14.8. The van der Waals surface area contributed by atoms with E-state index in [-0.39, 0.29) is 5.75 Å². The lowest BCUT2D eigenvalue weighted by Gasteiger charge is -2.08. The summed E-state index contributed by atoms with van der Waals surface area (Å²) >= 11 is 2.45. The highest BCUT2D eigenvalue weighted by molar-refractivity contribution is 8.00. The number of ether oxygens (including phenoxy) is 1. The first-order chi connectivity index (χ1) is 12.2. The second-order valence-corrected chi connectivity index (χ2v) is 7.54. The van der Waals surface area contributed by atoms with Crippen molar-refractivity contribution in [3.63, 3.8) is 0 Å². The Labute approximate surface area is 153 Å². The van der Waals surface area contributed by atoms with Gasteiger partial charge >= 0.3 is 12.3 Å². The molecule has 0 spiro atoms. The quantitative estimate of drug-likeness (QED) is 0.489. The summed E-state index contributed by atoms with van der Waals surface area (Å²) in [5, 5.41) is 9.64. The largest absolute Gasteiger partial charge is 0.573 e. The summed E-state index contributed by atoms with van der Waals surface area (Å²) in [6, 6.07) is 7.32. The van der Waals surface area contributed by atoms with E-state index in [1.165, 1.54) is 41.9 Å². The predicted molar refractivity (Wildman–Crippen MR) is 92.5 cm³/mol. The van der Waals surface area contributed by atoms with Gasteiger partial charge < -0.3 is 9.84 Å². The molecule has 0 bridgehead atoms. The smallest absolute Gasteiger partial charge is 0.480 e. The van der Waals surface area contributed by atoms with Gasteiger partial charge in [-0.2, -0.15) is 0 Å². The van der Waals surface area contributed by atoms with E-state index in [2.05, 4.69) is 14.7 Å². The highest BCUT2D eigenvalue weighted by Gasteiger charge is 2.31. The molecule has 0 aliphatic rings. The number of nitrogens with zero attached hydrogens (tertiary/aromatic N) is 2. The number of thiophene rings is 1. The number of alkyl halides is 3. The van der Waals surface area contributed by atoms with Crippen LogP contribution in [0.5, 0.6) is 5.75 Å². The van der Waals surface area contributed by atoms with Crippen molar-refractivity contribution < 1.29 is 27.8 Å². The molecule has 1 atom stereocenters. The van der Waals surface area contributed by atoms with Gasteiger partial charge in [-0.3, -0.25) is 4.79 Å². The fraction of sp³-hybridized carbons (Fsp3) is 0.188. The second-order valence-electron chi connectivity index (χ2n) is 5.18. The number of carbonyl (C=O) groups is 1. The molecule has 26 heavy (non-hydrogen) atoms. The van der Waals surface area contributed by atoms with Gasteiger partial charge in [0.1, 0.15) is 27.2 Å². The topological polar surface area (TPSA) is 72.3 Å². The number of halogens is 3. The maximum atomic E-state index is 12.2. The van der Waals surface area contributed by atoms with Gasteiger partial charge in [0.05, 0.1) is 0 Å². The van der Waals surface area contributed by atoms with Gasteiger partial charge in [0.2, 0.25) is 0 Å². The normalized spacial score (nSPS) is 12.9. The van der Waals surface area contributed by atoms with Gasteiger partial charge in [0.15, 0.2) is 0 Å².